The Labute approximate surface area is 185 Å². The van der Waals surface area contributed by atoms with Crippen LogP contribution in [0.15, 0.2) is 24.3 Å². The Bertz CT molecular complexity index is 527. The minimum Gasteiger partial charge on any atom is -1.00 e. The number of nitrogens with zero attached hydrogens (tertiary/aromatic N) is 1. The Balaban J connectivity index is 0. The van der Waals surface area contributed by atoms with Crippen molar-refractivity contribution in [3.63, 3.8) is 0 Å². The number of piperidine rings is 1. The molecule has 2 aliphatic rings. The van der Waals surface area contributed by atoms with Crippen molar-refractivity contribution in [3.05, 3.63) is 35.4 Å². The van der Waals surface area contributed by atoms with Crippen LogP contribution in [0.25, 0.3) is 0 Å². The fourth-order valence-corrected chi connectivity index (χ4v) is 4.26. The molecule has 1 aliphatic carbocycles. The first kappa shape index (κ1) is 25.9. The van der Waals surface area contributed by atoms with Crippen molar-refractivity contribution in [2.45, 2.75) is 64.3 Å². The van der Waals surface area contributed by atoms with Gasteiger partial charge in [-0.05, 0) is 52.6 Å². The predicted molar refractivity (Wildman–Crippen MR) is 106 cm³/mol. The molecular formula is C21H34BNNaO2. The smallest absolute Gasteiger partial charge is 1.00 e. The fourth-order valence-electron chi connectivity index (χ4n) is 4.26. The summed E-state index contributed by atoms with van der Waals surface area (Å²) in [4.78, 5) is 15.3. The van der Waals surface area contributed by atoms with Crippen molar-refractivity contribution in [3.8, 4) is 0 Å². The summed E-state index contributed by atoms with van der Waals surface area (Å²) in [5.74, 6) is 0.583. The number of Topliss-reactive ketones (excluding diaryl/α,β-unsaturated/α-hetero) is 1. The predicted octanol–water partition coefficient (Wildman–Crippen LogP) is 0.957. The minimum absolute atomic E-state index is 0. The number of ketones is 1. The number of aliphatic hydroxyl groups excluding tert-OH is 1. The molecule has 0 unspecified atom stereocenters. The zero-order valence-corrected chi connectivity index (χ0v) is 19.1. The molecule has 0 atom stereocenters. The molecule has 1 aromatic rings. The average Bonchev–Trinajstić information content (AvgIpc) is 2.64. The maximum atomic E-state index is 12.7. The number of hydrogen-bond donors (Lipinski definition) is 1. The SMILES string of the molecule is CO.Cc1ccc(C(=O)C2CCN(C3(C)CCCCC3)CC2)cc1.[B].[H-].[Na+]. The molecule has 139 valence electrons. The minimum atomic E-state index is 0. The summed E-state index contributed by atoms with van der Waals surface area (Å²) in [5, 5.41) is 7.00. The monoisotopic (exact) mass is 366 g/mol. The van der Waals surface area contributed by atoms with Crippen LogP contribution < -0.4 is 29.6 Å². The van der Waals surface area contributed by atoms with E-state index in [-0.39, 0.29) is 45.3 Å². The van der Waals surface area contributed by atoms with Gasteiger partial charge in [0.15, 0.2) is 5.78 Å². The summed E-state index contributed by atoms with van der Waals surface area (Å²) >= 11 is 0. The fraction of sp³-hybridized carbons (Fsp3) is 0.667. The molecule has 0 spiro atoms. The maximum absolute atomic E-state index is 12.7. The first-order valence-corrected chi connectivity index (χ1v) is 9.39. The van der Waals surface area contributed by atoms with Crippen LogP contribution in [-0.4, -0.2) is 49.9 Å². The number of carbonyl (C=O) groups excluding carboxylic acids is 1. The number of hydrogen-bond acceptors (Lipinski definition) is 3. The van der Waals surface area contributed by atoms with Gasteiger partial charge in [-0.25, -0.2) is 0 Å². The van der Waals surface area contributed by atoms with E-state index >= 15 is 0 Å². The molecule has 3 rings (SSSR count). The quantitative estimate of drug-likeness (QED) is 0.640. The first-order chi connectivity index (χ1) is 11.6. The molecule has 1 saturated carbocycles. The van der Waals surface area contributed by atoms with Gasteiger partial charge in [0.25, 0.3) is 0 Å². The van der Waals surface area contributed by atoms with E-state index in [4.69, 9.17) is 5.11 Å². The molecule has 26 heavy (non-hydrogen) atoms. The van der Waals surface area contributed by atoms with E-state index < -0.39 is 0 Å². The van der Waals surface area contributed by atoms with Crippen LogP contribution in [0, 0.1) is 12.8 Å². The Hall–Kier alpha value is -0.125. The molecule has 0 amide bonds. The number of rotatable bonds is 3. The van der Waals surface area contributed by atoms with Crippen LogP contribution in [0.1, 0.15) is 69.2 Å². The third-order valence-corrected chi connectivity index (χ3v) is 5.90. The average molecular weight is 366 g/mol. The molecule has 0 aromatic heterocycles. The second kappa shape index (κ2) is 12.4. The third kappa shape index (κ3) is 6.49. The molecule has 1 aromatic carbocycles. The van der Waals surface area contributed by atoms with Gasteiger partial charge in [0.1, 0.15) is 0 Å². The molecule has 1 saturated heterocycles. The van der Waals surface area contributed by atoms with Gasteiger partial charge >= 0.3 is 29.6 Å². The molecule has 0 bridgehead atoms. The van der Waals surface area contributed by atoms with E-state index in [1.54, 1.807) is 0 Å². The molecule has 2 fully saturated rings. The van der Waals surface area contributed by atoms with E-state index in [1.165, 1.54) is 37.7 Å². The van der Waals surface area contributed by atoms with Crippen LogP contribution in [-0.2, 0) is 0 Å². The number of benzene rings is 1. The topological polar surface area (TPSA) is 40.5 Å². The largest absolute Gasteiger partial charge is 1.00 e. The number of aryl methyl sites for hydroxylation is 1. The van der Waals surface area contributed by atoms with E-state index in [0.717, 1.165) is 38.6 Å². The molecule has 5 heteroatoms. The van der Waals surface area contributed by atoms with Gasteiger partial charge in [0, 0.05) is 32.5 Å². The summed E-state index contributed by atoms with van der Waals surface area (Å²) in [5.41, 5.74) is 2.51. The number of aliphatic hydroxyl groups is 1. The van der Waals surface area contributed by atoms with Gasteiger partial charge in [-0.15, -0.1) is 0 Å². The number of likely N-dealkylation sites (tertiary alicyclic amines) is 1. The standard InChI is InChI=1S/C20H29NO.CH4O.B.Na.H/c1-16-6-8-17(9-7-16)19(22)18-10-14-21(15-11-18)20(2)12-4-3-5-13-20;1-2;;;/h6-9,18H,3-5,10-15H2,1-2H3;2H,1H3;;;/q;;;+1;-1. The van der Waals surface area contributed by atoms with E-state index in [1.807, 2.05) is 24.3 Å². The van der Waals surface area contributed by atoms with Crippen LogP contribution >= 0.6 is 0 Å². The number of carbonyl (C=O) groups is 1. The van der Waals surface area contributed by atoms with Crippen molar-refractivity contribution in [1.29, 1.82) is 0 Å². The second-order valence-electron chi connectivity index (χ2n) is 7.55. The normalized spacial score (nSPS) is 20.0. The van der Waals surface area contributed by atoms with Crippen LogP contribution in [0.5, 0.6) is 0 Å². The Morgan fingerprint density at radius 1 is 1.08 bits per heavy atom. The molecule has 1 aliphatic heterocycles. The van der Waals surface area contributed by atoms with Crippen molar-refractivity contribution in [1.82, 2.24) is 4.90 Å². The molecule has 3 radical (unpaired) electrons. The molecule has 1 N–H and O–H groups in total. The van der Waals surface area contributed by atoms with E-state index in [2.05, 4.69) is 18.7 Å². The van der Waals surface area contributed by atoms with E-state index in [9.17, 15) is 4.79 Å². The second-order valence-corrected chi connectivity index (χ2v) is 7.55. The molecule has 1 heterocycles. The third-order valence-electron chi connectivity index (χ3n) is 5.90. The Morgan fingerprint density at radius 2 is 1.58 bits per heavy atom. The van der Waals surface area contributed by atoms with Gasteiger partial charge < -0.3 is 6.53 Å². The van der Waals surface area contributed by atoms with Crippen molar-refractivity contribution >= 4 is 14.2 Å². The van der Waals surface area contributed by atoms with Crippen molar-refractivity contribution in [2.24, 2.45) is 5.92 Å². The van der Waals surface area contributed by atoms with Gasteiger partial charge in [-0.2, -0.15) is 0 Å². The summed E-state index contributed by atoms with van der Waals surface area (Å²) in [7, 11) is 1.00. The summed E-state index contributed by atoms with van der Waals surface area (Å²) in [6, 6.07) is 8.08. The van der Waals surface area contributed by atoms with E-state index in [0.29, 0.717) is 11.3 Å². The van der Waals surface area contributed by atoms with Gasteiger partial charge in [0.05, 0.1) is 0 Å². The maximum Gasteiger partial charge on any atom is 1.00 e. The summed E-state index contributed by atoms with van der Waals surface area (Å²) in [6.45, 7) is 6.70. The molecule has 3 nitrogen and oxygen atoms in total. The first-order valence-electron chi connectivity index (χ1n) is 9.39. The zero-order chi connectivity index (χ0) is 17.6. The Kier molecular flexibility index (Phi) is 12.3. The Morgan fingerprint density at radius 3 is 2.08 bits per heavy atom. The van der Waals surface area contributed by atoms with Crippen LogP contribution in [0.2, 0.25) is 0 Å². The zero-order valence-electron chi connectivity index (χ0n) is 18.1. The van der Waals surface area contributed by atoms with Crippen LogP contribution in [0.3, 0.4) is 0 Å². The van der Waals surface area contributed by atoms with Gasteiger partial charge in [-0.1, -0.05) is 49.1 Å². The van der Waals surface area contributed by atoms with Crippen molar-refractivity contribution < 1.29 is 40.9 Å². The summed E-state index contributed by atoms with van der Waals surface area (Å²) < 4.78 is 0. The van der Waals surface area contributed by atoms with Gasteiger partial charge in [-0.3, -0.25) is 9.69 Å². The summed E-state index contributed by atoms with van der Waals surface area (Å²) in [6.07, 6.45) is 8.88. The molecular weight excluding hydrogens is 332 g/mol. The van der Waals surface area contributed by atoms with Gasteiger partial charge in [0.2, 0.25) is 0 Å². The van der Waals surface area contributed by atoms with Crippen LogP contribution in [0.4, 0.5) is 0 Å². The van der Waals surface area contributed by atoms with Crippen molar-refractivity contribution in [2.75, 3.05) is 20.2 Å².